The predicted molar refractivity (Wildman–Crippen MR) is 111 cm³/mol. The van der Waals surface area contributed by atoms with E-state index < -0.39 is 5.82 Å². The van der Waals surface area contributed by atoms with Gasteiger partial charge in [0.05, 0.1) is 11.9 Å². The Morgan fingerprint density at radius 1 is 1.13 bits per heavy atom. The van der Waals surface area contributed by atoms with Gasteiger partial charge in [-0.3, -0.25) is 4.79 Å². The molecule has 4 rings (SSSR count). The minimum absolute atomic E-state index is 0.0524. The molecule has 1 aliphatic heterocycles. The Labute approximate surface area is 174 Å². The fourth-order valence-electron chi connectivity index (χ4n) is 4.58. The number of hydrogen-bond acceptors (Lipinski definition) is 5. The summed E-state index contributed by atoms with van der Waals surface area (Å²) in [7, 11) is 0. The largest absolute Gasteiger partial charge is 0.371 e. The van der Waals surface area contributed by atoms with E-state index >= 15 is 0 Å². The van der Waals surface area contributed by atoms with Crippen molar-refractivity contribution in [2.24, 2.45) is 11.7 Å². The summed E-state index contributed by atoms with van der Waals surface area (Å²) in [6.07, 6.45) is 6.22. The van der Waals surface area contributed by atoms with E-state index in [1.807, 2.05) is 0 Å². The second kappa shape index (κ2) is 8.93. The minimum Gasteiger partial charge on any atom is -0.371 e. The molecule has 6 nitrogen and oxygen atoms in total. The van der Waals surface area contributed by atoms with Gasteiger partial charge < -0.3 is 16.0 Å². The summed E-state index contributed by atoms with van der Waals surface area (Å²) in [6.45, 7) is 1.46. The second-order valence-corrected chi connectivity index (χ2v) is 8.30. The van der Waals surface area contributed by atoms with Gasteiger partial charge in [-0.1, -0.05) is 6.42 Å². The number of nitrogens with zero attached hydrogens (tertiary/aromatic N) is 3. The lowest BCUT2D eigenvalue weighted by Crippen LogP contribution is -2.36. The molecule has 2 heterocycles. The number of amides is 1. The van der Waals surface area contributed by atoms with Crippen molar-refractivity contribution in [3.63, 3.8) is 0 Å². The number of rotatable bonds is 5. The Balaban J connectivity index is 1.47. The molecule has 2 aromatic rings. The van der Waals surface area contributed by atoms with Gasteiger partial charge in [-0.05, 0) is 56.4 Å². The van der Waals surface area contributed by atoms with Crippen LogP contribution in [0.2, 0.25) is 0 Å². The summed E-state index contributed by atoms with van der Waals surface area (Å²) in [5, 5.41) is 3.27. The first-order valence-electron chi connectivity index (χ1n) is 10.6. The molecule has 0 bridgehead atoms. The number of nitrogens with one attached hydrogen (secondary N) is 1. The van der Waals surface area contributed by atoms with Crippen LogP contribution in [0, 0.1) is 17.6 Å². The van der Waals surface area contributed by atoms with Crippen LogP contribution in [0.15, 0.2) is 30.5 Å². The first-order valence-corrected chi connectivity index (χ1v) is 10.6. The zero-order chi connectivity index (χ0) is 21.1. The number of carbonyl (C=O) groups is 1. The van der Waals surface area contributed by atoms with Crippen LogP contribution in [0.25, 0.3) is 0 Å². The fourth-order valence-corrected chi connectivity index (χ4v) is 4.58. The van der Waals surface area contributed by atoms with E-state index in [0.717, 1.165) is 44.3 Å². The Bertz CT molecular complexity index is 892. The fraction of sp³-hybridized carbons (Fsp3) is 0.500. The molecule has 1 aromatic carbocycles. The number of benzene rings is 1. The Morgan fingerprint density at radius 2 is 1.93 bits per heavy atom. The highest BCUT2D eigenvalue weighted by Crippen LogP contribution is 2.31. The first-order chi connectivity index (χ1) is 14.5. The van der Waals surface area contributed by atoms with Gasteiger partial charge in [0.15, 0.2) is 5.82 Å². The maximum absolute atomic E-state index is 14.6. The van der Waals surface area contributed by atoms with E-state index in [1.54, 1.807) is 12.1 Å². The van der Waals surface area contributed by atoms with Gasteiger partial charge in [0.1, 0.15) is 5.82 Å². The molecule has 0 spiro atoms. The third-order valence-corrected chi connectivity index (χ3v) is 6.18. The average Bonchev–Trinajstić information content (AvgIpc) is 2.76. The molecule has 0 radical (unpaired) electrons. The van der Waals surface area contributed by atoms with Crippen LogP contribution >= 0.6 is 0 Å². The number of anilines is 2. The van der Waals surface area contributed by atoms with E-state index in [0.29, 0.717) is 24.6 Å². The molecular weight excluding hydrogens is 388 g/mol. The van der Waals surface area contributed by atoms with Crippen LogP contribution in [0.1, 0.15) is 50.1 Å². The minimum atomic E-state index is -0.412. The molecule has 1 saturated heterocycles. The number of piperidine rings is 1. The number of halogens is 2. The van der Waals surface area contributed by atoms with Gasteiger partial charge in [0.2, 0.25) is 11.9 Å². The lowest BCUT2D eigenvalue weighted by Gasteiger charge is -2.34. The number of hydrogen-bond donors (Lipinski definition) is 2. The molecule has 2 aliphatic rings. The zero-order valence-corrected chi connectivity index (χ0v) is 16.9. The molecule has 1 aromatic heterocycles. The Morgan fingerprint density at radius 3 is 2.70 bits per heavy atom. The van der Waals surface area contributed by atoms with E-state index in [-0.39, 0.29) is 29.6 Å². The average molecular weight is 415 g/mol. The second-order valence-electron chi connectivity index (χ2n) is 8.30. The molecule has 3 atom stereocenters. The summed E-state index contributed by atoms with van der Waals surface area (Å²) >= 11 is 0. The van der Waals surface area contributed by atoms with Crippen LogP contribution in [0.4, 0.5) is 20.4 Å². The smallest absolute Gasteiger partial charge is 0.223 e. The van der Waals surface area contributed by atoms with Crippen molar-refractivity contribution in [2.45, 2.75) is 50.5 Å². The highest BCUT2D eigenvalue weighted by atomic mass is 19.1. The summed E-state index contributed by atoms with van der Waals surface area (Å²) < 4.78 is 27.8. The number of carbonyl (C=O) groups excluding carboxylic acids is 1. The van der Waals surface area contributed by atoms with Gasteiger partial charge in [0, 0.05) is 36.7 Å². The van der Waals surface area contributed by atoms with Crippen molar-refractivity contribution in [3.8, 4) is 0 Å². The first kappa shape index (κ1) is 20.5. The maximum Gasteiger partial charge on any atom is 0.223 e. The van der Waals surface area contributed by atoms with E-state index in [2.05, 4.69) is 20.2 Å². The molecule has 2 fully saturated rings. The van der Waals surface area contributed by atoms with Crippen LogP contribution in [-0.2, 0) is 4.79 Å². The van der Waals surface area contributed by atoms with Crippen molar-refractivity contribution >= 4 is 17.5 Å². The molecule has 30 heavy (non-hydrogen) atoms. The van der Waals surface area contributed by atoms with Crippen LogP contribution < -0.4 is 16.0 Å². The van der Waals surface area contributed by atoms with Crippen molar-refractivity contribution in [2.75, 3.05) is 23.3 Å². The van der Waals surface area contributed by atoms with Gasteiger partial charge >= 0.3 is 0 Å². The van der Waals surface area contributed by atoms with Crippen molar-refractivity contribution in [3.05, 3.63) is 47.8 Å². The summed E-state index contributed by atoms with van der Waals surface area (Å²) in [6, 6.07) is 6.43. The van der Waals surface area contributed by atoms with Crippen molar-refractivity contribution in [1.29, 1.82) is 0 Å². The lowest BCUT2D eigenvalue weighted by molar-refractivity contribution is -0.122. The standard InChI is InChI=1S/C22H27F2N5O/c23-16-6-8-18(9-7-16)29-10-2-4-15(13-29)20-19(24)12-26-22(28-20)27-17-5-1-3-14(11-17)21(25)30/h6-9,12,14-15,17H,1-5,10-11,13H2,(H2,25,30)(H,26,27,28)/t14-,15?,17+/m0/s1. The molecule has 1 unspecified atom stereocenters. The summed E-state index contributed by atoms with van der Waals surface area (Å²) in [5.74, 6) is -0.780. The van der Waals surface area contributed by atoms with Crippen LogP contribution in [0.3, 0.4) is 0 Å². The van der Waals surface area contributed by atoms with E-state index in [1.165, 1.54) is 18.3 Å². The summed E-state index contributed by atoms with van der Waals surface area (Å²) in [5.41, 5.74) is 6.79. The number of nitrogens with two attached hydrogens (primary N) is 1. The lowest BCUT2D eigenvalue weighted by atomic mass is 9.85. The van der Waals surface area contributed by atoms with Crippen LogP contribution in [0.5, 0.6) is 0 Å². The molecular formula is C22H27F2N5O. The SMILES string of the molecule is NC(=O)[C@H]1CCC[C@@H](Nc2ncc(F)c(C3CCCN(c4ccc(F)cc4)C3)n2)C1. The number of aromatic nitrogens is 2. The number of primary amides is 1. The zero-order valence-electron chi connectivity index (χ0n) is 16.9. The molecule has 3 N–H and O–H groups in total. The van der Waals surface area contributed by atoms with Crippen molar-refractivity contribution < 1.29 is 13.6 Å². The molecule has 8 heteroatoms. The van der Waals surface area contributed by atoms with E-state index in [9.17, 15) is 13.6 Å². The summed E-state index contributed by atoms with van der Waals surface area (Å²) in [4.78, 5) is 22.3. The molecule has 160 valence electrons. The highest BCUT2D eigenvalue weighted by molar-refractivity contribution is 5.76. The predicted octanol–water partition coefficient (Wildman–Crippen LogP) is 3.59. The monoisotopic (exact) mass is 415 g/mol. The van der Waals surface area contributed by atoms with Gasteiger partial charge in [-0.15, -0.1) is 0 Å². The van der Waals surface area contributed by atoms with Gasteiger partial charge in [-0.25, -0.2) is 18.7 Å². The Hall–Kier alpha value is -2.77. The topological polar surface area (TPSA) is 84.1 Å². The quantitative estimate of drug-likeness (QED) is 0.780. The highest BCUT2D eigenvalue weighted by Gasteiger charge is 2.28. The normalized spacial score (nSPS) is 24.5. The Kier molecular flexibility index (Phi) is 6.11. The van der Waals surface area contributed by atoms with Gasteiger partial charge in [-0.2, -0.15) is 0 Å². The van der Waals surface area contributed by atoms with Gasteiger partial charge in [0.25, 0.3) is 0 Å². The van der Waals surface area contributed by atoms with Crippen LogP contribution in [-0.4, -0.2) is 35.0 Å². The molecule has 1 aliphatic carbocycles. The molecule has 1 saturated carbocycles. The van der Waals surface area contributed by atoms with Crippen molar-refractivity contribution in [1.82, 2.24) is 9.97 Å². The third kappa shape index (κ3) is 4.68. The maximum atomic E-state index is 14.6. The third-order valence-electron chi connectivity index (χ3n) is 6.18. The molecule has 1 amide bonds. The van der Waals surface area contributed by atoms with E-state index in [4.69, 9.17) is 5.73 Å².